The van der Waals surface area contributed by atoms with Gasteiger partial charge in [0.15, 0.2) is 5.13 Å². The normalized spacial score (nSPS) is 11.6. The number of thiazole rings is 1. The second-order valence-corrected chi connectivity index (χ2v) is 8.97. The van der Waals surface area contributed by atoms with Crippen molar-refractivity contribution in [3.8, 4) is 0 Å². The summed E-state index contributed by atoms with van der Waals surface area (Å²) in [4.78, 5) is 33.4. The van der Waals surface area contributed by atoms with Crippen molar-refractivity contribution >= 4 is 34.1 Å². The second kappa shape index (κ2) is 10.9. The Morgan fingerprint density at radius 1 is 0.842 bits per heavy atom. The summed E-state index contributed by atoms with van der Waals surface area (Å²) < 4.78 is 4.96. The lowest BCUT2D eigenvalue weighted by atomic mass is 9.77. The zero-order valence-corrected chi connectivity index (χ0v) is 20.7. The fourth-order valence-corrected chi connectivity index (χ4v) is 4.85. The highest BCUT2D eigenvalue weighted by Crippen LogP contribution is 2.40. The Bertz CT molecular complexity index is 1450. The van der Waals surface area contributed by atoms with Crippen molar-refractivity contribution in [1.29, 1.82) is 0 Å². The number of aromatic nitrogens is 1. The minimum atomic E-state index is -1.39. The van der Waals surface area contributed by atoms with Crippen molar-refractivity contribution in [1.82, 2.24) is 4.98 Å². The van der Waals surface area contributed by atoms with Crippen molar-refractivity contribution in [2.45, 2.75) is 5.54 Å². The zero-order valence-electron chi connectivity index (χ0n) is 19.9. The molecule has 2 N–H and O–H groups in total. The monoisotopic (exact) mass is 523 g/mol. The lowest BCUT2D eigenvalue weighted by Crippen LogP contribution is -2.38. The van der Waals surface area contributed by atoms with Crippen LogP contribution in [0.5, 0.6) is 0 Å². The molecule has 0 fully saturated rings. The van der Waals surface area contributed by atoms with E-state index in [-0.39, 0.29) is 11.5 Å². The Kier molecular flexibility index (Phi) is 7.10. The Morgan fingerprint density at radius 3 is 1.87 bits per heavy atom. The van der Waals surface area contributed by atoms with Gasteiger partial charge < -0.3 is 19.7 Å². The van der Waals surface area contributed by atoms with Crippen LogP contribution in [0.25, 0.3) is 0 Å². The van der Waals surface area contributed by atoms with E-state index in [4.69, 9.17) is 9.25 Å². The Balaban J connectivity index is 1.56. The summed E-state index contributed by atoms with van der Waals surface area (Å²) in [5, 5.41) is 18.9. The maximum atomic E-state index is 12.1. The number of aliphatic carboxylic acids is 1. The average molecular weight is 524 g/mol. The van der Waals surface area contributed by atoms with Crippen LogP contribution >= 0.6 is 11.3 Å². The molecule has 0 bridgehead atoms. The number of furan rings is 1. The zero-order chi connectivity index (χ0) is 26.4. The van der Waals surface area contributed by atoms with Gasteiger partial charge in [-0.3, -0.25) is 0 Å². The molecule has 5 rings (SSSR count). The minimum absolute atomic E-state index is 0.0420. The molecule has 2 heterocycles. The van der Waals surface area contributed by atoms with Crippen LogP contribution < -0.4 is 5.32 Å². The first-order chi connectivity index (χ1) is 18.6. The number of carboxylic acid groups (broad SMARTS) is 1. The van der Waals surface area contributed by atoms with E-state index in [1.165, 1.54) is 29.7 Å². The van der Waals surface area contributed by atoms with Crippen molar-refractivity contribution in [3.05, 3.63) is 143 Å². The summed E-state index contributed by atoms with van der Waals surface area (Å²) in [5.41, 5.74) is 1.58. The van der Waals surface area contributed by atoms with E-state index in [1.807, 2.05) is 91.0 Å². The minimum Gasteiger partial charge on any atom is -0.476 e. The first-order valence-corrected chi connectivity index (χ1v) is 12.4. The van der Waals surface area contributed by atoms with Gasteiger partial charge in [-0.2, -0.15) is 0 Å². The molecular formula is C29H21N3O5S. The van der Waals surface area contributed by atoms with Crippen molar-refractivity contribution in [2.24, 2.45) is 5.16 Å². The highest BCUT2D eigenvalue weighted by molar-refractivity contribution is 7.14. The molecule has 38 heavy (non-hydrogen) atoms. The summed E-state index contributed by atoms with van der Waals surface area (Å²) >= 11 is 1.21. The number of benzene rings is 3. The molecule has 0 aliphatic heterocycles. The fraction of sp³-hybridized carbons (Fsp3) is 0.0345. The van der Waals surface area contributed by atoms with E-state index in [0.717, 1.165) is 16.7 Å². The van der Waals surface area contributed by atoms with Crippen molar-refractivity contribution in [3.63, 3.8) is 0 Å². The summed E-state index contributed by atoms with van der Waals surface area (Å²) in [7, 11) is 0. The summed E-state index contributed by atoms with van der Waals surface area (Å²) in [6, 6.07) is 32.7. The van der Waals surface area contributed by atoms with E-state index in [1.54, 1.807) is 5.38 Å². The third-order valence-corrected chi connectivity index (χ3v) is 6.56. The van der Waals surface area contributed by atoms with Crippen LogP contribution in [-0.2, 0) is 15.2 Å². The van der Waals surface area contributed by atoms with Gasteiger partial charge >= 0.3 is 11.9 Å². The predicted molar refractivity (Wildman–Crippen MR) is 143 cm³/mol. The Morgan fingerprint density at radius 2 is 1.39 bits per heavy atom. The molecule has 3 aromatic carbocycles. The van der Waals surface area contributed by atoms with E-state index >= 15 is 0 Å². The molecule has 5 aromatic rings. The van der Waals surface area contributed by atoms with Crippen LogP contribution in [0.1, 0.15) is 32.9 Å². The molecule has 0 aliphatic carbocycles. The Labute approximate surface area is 221 Å². The van der Waals surface area contributed by atoms with Crippen LogP contribution in [0.4, 0.5) is 5.13 Å². The maximum absolute atomic E-state index is 12.1. The number of hydrogen-bond donors (Lipinski definition) is 2. The molecule has 0 aliphatic rings. The number of nitrogens with zero attached hydrogens (tertiary/aromatic N) is 2. The average Bonchev–Trinajstić information content (AvgIpc) is 3.66. The van der Waals surface area contributed by atoms with Gasteiger partial charge in [0.2, 0.25) is 11.5 Å². The number of anilines is 1. The third-order valence-electron chi connectivity index (χ3n) is 5.81. The molecule has 0 atom stereocenters. The third kappa shape index (κ3) is 4.95. The Hall–Kier alpha value is -5.02. The topological polar surface area (TPSA) is 114 Å². The van der Waals surface area contributed by atoms with Crippen molar-refractivity contribution < 1.29 is 24.0 Å². The van der Waals surface area contributed by atoms with Gasteiger partial charge in [-0.15, -0.1) is 11.3 Å². The van der Waals surface area contributed by atoms with Crippen LogP contribution in [-0.4, -0.2) is 27.7 Å². The number of carbonyl (C=O) groups is 2. The van der Waals surface area contributed by atoms with E-state index < -0.39 is 23.2 Å². The summed E-state index contributed by atoms with van der Waals surface area (Å²) in [6.45, 7) is 0. The lowest BCUT2D eigenvalue weighted by Gasteiger charge is -2.36. The van der Waals surface area contributed by atoms with Crippen LogP contribution in [0.2, 0.25) is 0 Å². The van der Waals surface area contributed by atoms with Gasteiger partial charge in [0.25, 0.3) is 0 Å². The number of nitrogens with one attached hydrogen (secondary N) is 1. The van der Waals surface area contributed by atoms with Gasteiger partial charge in [0.1, 0.15) is 11.2 Å². The van der Waals surface area contributed by atoms with Crippen molar-refractivity contribution in [2.75, 3.05) is 5.32 Å². The number of carboxylic acids is 1. The number of oxime groups is 1. The van der Waals surface area contributed by atoms with Gasteiger partial charge in [0, 0.05) is 5.38 Å². The van der Waals surface area contributed by atoms with Gasteiger partial charge in [-0.25, -0.2) is 14.6 Å². The smallest absolute Gasteiger partial charge is 0.400 e. The highest BCUT2D eigenvalue weighted by Gasteiger charge is 2.37. The van der Waals surface area contributed by atoms with E-state index in [9.17, 15) is 14.7 Å². The molecule has 9 heteroatoms. The maximum Gasteiger partial charge on any atom is 0.400 e. The van der Waals surface area contributed by atoms with E-state index in [2.05, 4.69) is 15.5 Å². The first-order valence-electron chi connectivity index (χ1n) is 11.5. The molecule has 0 spiro atoms. The molecule has 0 amide bonds. The molecule has 0 saturated heterocycles. The van der Waals surface area contributed by atoms with Gasteiger partial charge in [0.05, 0.1) is 6.26 Å². The molecule has 2 aromatic heterocycles. The number of rotatable bonds is 9. The summed E-state index contributed by atoms with van der Waals surface area (Å²) in [6.07, 6.45) is 1.30. The van der Waals surface area contributed by atoms with Crippen LogP contribution in [0.15, 0.2) is 124 Å². The first kappa shape index (κ1) is 24.7. The largest absolute Gasteiger partial charge is 0.476 e. The second-order valence-electron chi connectivity index (χ2n) is 8.11. The van der Waals surface area contributed by atoms with Gasteiger partial charge in [-0.1, -0.05) is 96.2 Å². The lowest BCUT2D eigenvalue weighted by molar-refractivity contribution is -0.129. The predicted octanol–water partition coefficient (Wildman–Crippen LogP) is 5.79. The summed E-state index contributed by atoms with van der Waals surface area (Å²) in [5.74, 6) is -2.41. The number of hydrogen-bond acceptors (Lipinski definition) is 8. The molecule has 0 unspecified atom stereocenters. The van der Waals surface area contributed by atoms with Gasteiger partial charge in [-0.05, 0) is 28.8 Å². The standard InChI is InChI=1S/C29H21N3O5S/c33-26(34)25(32-37-27(35)24-17-10-18-36-24)23-19-38-28(30-23)31-29(20-11-4-1-5-12-20,21-13-6-2-7-14-21)22-15-8-3-9-16-22/h1-19H,(H,30,31)(H,33,34)/b32-25+. The molecule has 8 nitrogen and oxygen atoms in total. The fourth-order valence-electron chi connectivity index (χ4n) is 4.10. The molecular weight excluding hydrogens is 502 g/mol. The quantitative estimate of drug-likeness (QED) is 0.109. The molecule has 0 saturated carbocycles. The van der Waals surface area contributed by atoms with Crippen LogP contribution in [0.3, 0.4) is 0 Å². The number of carbonyl (C=O) groups excluding carboxylic acids is 1. The van der Waals surface area contributed by atoms with E-state index in [0.29, 0.717) is 5.13 Å². The molecule has 0 radical (unpaired) electrons. The molecule has 188 valence electrons. The SMILES string of the molecule is O=C(O)/C(=N/OC(=O)c1ccco1)c1csc(NC(c2ccccc2)(c2ccccc2)c2ccccc2)n1. The highest BCUT2D eigenvalue weighted by atomic mass is 32.1. The van der Waals surface area contributed by atoms with Crippen LogP contribution in [0, 0.1) is 0 Å².